The Kier molecular flexibility index (Phi) is 13.7. The maximum atomic E-state index is 14.1. The van der Waals surface area contributed by atoms with Gasteiger partial charge in [-0.3, -0.25) is 0 Å². The molecule has 0 aliphatic carbocycles. The Labute approximate surface area is 320 Å². The zero-order valence-electron chi connectivity index (χ0n) is 27.7. The van der Waals surface area contributed by atoms with Crippen molar-refractivity contribution in [2.45, 2.75) is 17.4 Å². The summed E-state index contributed by atoms with van der Waals surface area (Å²) in [5.41, 5.74) is -0.857. The van der Waals surface area contributed by atoms with Crippen LogP contribution in [0.4, 0.5) is 0 Å². The molecule has 4 rings (SSSR count). The fraction of sp³-hybridized carbons (Fsp3) is 0.229. The van der Waals surface area contributed by atoms with Gasteiger partial charge in [-0.1, -0.05) is 65.5 Å². The lowest BCUT2D eigenvalue weighted by molar-refractivity contribution is 0.0581. The van der Waals surface area contributed by atoms with E-state index in [1.165, 1.54) is 69.9 Å². The fourth-order valence-electron chi connectivity index (χ4n) is 4.62. The summed E-state index contributed by atoms with van der Waals surface area (Å²) in [4.78, 5) is 38.1. The van der Waals surface area contributed by atoms with Crippen molar-refractivity contribution in [2.24, 2.45) is 0 Å². The van der Waals surface area contributed by atoms with E-state index in [4.69, 9.17) is 28.4 Å². The van der Waals surface area contributed by atoms with Gasteiger partial charge in [0.25, 0.3) is 0 Å². The second-order valence-electron chi connectivity index (χ2n) is 11.0. The summed E-state index contributed by atoms with van der Waals surface area (Å²) in [6, 6.07) is 20.0. The van der Waals surface area contributed by atoms with Crippen molar-refractivity contribution in [2.75, 3.05) is 41.2 Å². The third kappa shape index (κ3) is 10.3. The molecule has 4 aromatic carbocycles. The Hall–Kier alpha value is -3.96. The van der Waals surface area contributed by atoms with Gasteiger partial charge in [-0.25, -0.2) is 22.8 Å². The number of halogens is 3. The van der Waals surface area contributed by atoms with Crippen molar-refractivity contribution in [1.29, 1.82) is 0 Å². The van der Waals surface area contributed by atoms with Crippen molar-refractivity contribution in [3.05, 3.63) is 115 Å². The molecular formula is C35H32Br3NO11S. The van der Waals surface area contributed by atoms with Crippen LogP contribution in [0.1, 0.15) is 36.6 Å². The lowest BCUT2D eigenvalue weighted by Crippen LogP contribution is -2.60. The normalized spacial score (nSPS) is 11.4. The highest BCUT2D eigenvalue weighted by molar-refractivity contribution is 9.11. The number of rotatable bonds is 15. The predicted octanol–water partition coefficient (Wildman–Crippen LogP) is 6.90. The molecule has 270 valence electrons. The molecule has 0 bridgehead atoms. The molecule has 0 saturated heterocycles. The van der Waals surface area contributed by atoms with E-state index in [-0.39, 0.29) is 38.8 Å². The standard InChI is InChI=1S/C35H32Br3NO11S/c1-21-5-10-25(11-6-21)51(43,44)39-35(18-48-29-12-7-22(36)15-26(29)32(40)45-2,19-49-30-13-8-23(37)16-27(30)33(41)46-3)20-50-31-14-9-24(38)17-28(31)34(42)47-4/h5-17,39H,18-20H2,1-4H3. The zero-order valence-corrected chi connectivity index (χ0v) is 33.2. The minimum absolute atomic E-state index is 0.0470. The molecule has 0 fully saturated rings. The van der Waals surface area contributed by atoms with Gasteiger partial charge in [0, 0.05) is 13.4 Å². The highest BCUT2D eigenvalue weighted by Gasteiger charge is 2.40. The van der Waals surface area contributed by atoms with Crippen LogP contribution < -0.4 is 18.9 Å². The highest BCUT2D eigenvalue weighted by atomic mass is 79.9. The average molecular weight is 914 g/mol. The number of esters is 3. The van der Waals surface area contributed by atoms with Gasteiger partial charge in [-0.05, 0) is 73.7 Å². The number of aryl methyl sites for hydroxylation is 1. The highest BCUT2D eigenvalue weighted by Crippen LogP contribution is 2.30. The molecule has 0 spiro atoms. The van der Waals surface area contributed by atoms with Gasteiger partial charge in [-0.2, -0.15) is 4.72 Å². The van der Waals surface area contributed by atoms with Crippen LogP contribution in [0.3, 0.4) is 0 Å². The maximum Gasteiger partial charge on any atom is 0.341 e. The molecule has 1 N–H and O–H groups in total. The molecular weight excluding hydrogens is 882 g/mol. The Morgan fingerprint density at radius 3 is 1.24 bits per heavy atom. The molecule has 0 aromatic heterocycles. The first kappa shape index (κ1) is 39.8. The number of carbonyl (C=O) groups excluding carboxylic acids is 3. The molecule has 0 aliphatic heterocycles. The monoisotopic (exact) mass is 911 g/mol. The third-order valence-electron chi connectivity index (χ3n) is 7.23. The summed E-state index contributed by atoms with van der Waals surface area (Å²) in [7, 11) is -0.715. The lowest BCUT2D eigenvalue weighted by Gasteiger charge is -2.34. The molecule has 0 aliphatic rings. The smallest absolute Gasteiger partial charge is 0.341 e. The van der Waals surface area contributed by atoms with Gasteiger partial charge >= 0.3 is 17.9 Å². The van der Waals surface area contributed by atoms with Crippen molar-refractivity contribution in [3.8, 4) is 17.2 Å². The zero-order chi connectivity index (χ0) is 37.3. The summed E-state index contributed by atoms with van der Waals surface area (Å²) in [6.07, 6.45) is 0. The molecule has 0 unspecified atom stereocenters. The fourth-order valence-corrected chi connectivity index (χ4v) is 7.06. The molecule has 0 heterocycles. The number of carbonyl (C=O) groups is 3. The van der Waals surface area contributed by atoms with Crippen LogP contribution in [0.2, 0.25) is 0 Å². The first-order chi connectivity index (χ1) is 24.2. The Bertz CT molecular complexity index is 1850. The van der Waals surface area contributed by atoms with E-state index in [0.29, 0.717) is 13.4 Å². The molecule has 16 heteroatoms. The quantitative estimate of drug-likeness (QED) is 0.0980. The number of nitrogens with one attached hydrogen (secondary N) is 1. The van der Waals surface area contributed by atoms with Crippen molar-refractivity contribution in [1.82, 2.24) is 4.72 Å². The summed E-state index contributed by atoms with van der Waals surface area (Å²) in [6.45, 7) is 0.308. The van der Waals surface area contributed by atoms with E-state index in [1.54, 1.807) is 30.3 Å². The number of benzene rings is 4. The predicted molar refractivity (Wildman–Crippen MR) is 197 cm³/mol. The summed E-state index contributed by atoms with van der Waals surface area (Å²) in [5, 5.41) is 0. The second-order valence-corrected chi connectivity index (χ2v) is 15.4. The molecule has 12 nitrogen and oxygen atoms in total. The number of methoxy groups -OCH3 is 3. The number of sulfonamides is 1. The Morgan fingerprint density at radius 2 is 0.922 bits per heavy atom. The lowest BCUT2D eigenvalue weighted by atomic mass is 10.0. The number of hydrogen-bond donors (Lipinski definition) is 1. The first-order valence-electron chi connectivity index (χ1n) is 14.8. The van der Waals surface area contributed by atoms with Crippen molar-refractivity contribution >= 4 is 75.7 Å². The third-order valence-corrected chi connectivity index (χ3v) is 10.3. The SMILES string of the molecule is COC(=O)c1cc(Br)ccc1OCC(COc1ccc(Br)cc1C(=O)OC)(COc1ccc(Br)cc1C(=O)OC)NS(=O)(=O)c1ccc(C)cc1. The van der Waals surface area contributed by atoms with Gasteiger partial charge in [-0.15, -0.1) is 0 Å². The van der Waals surface area contributed by atoms with Crippen LogP contribution in [-0.2, 0) is 24.2 Å². The van der Waals surface area contributed by atoms with E-state index in [2.05, 4.69) is 52.5 Å². The van der Waals surface area contributed by atoms with Gasteiger partial charge in [0.2, 0.25) is 10.0 Å². The van der Waals surface area contributed by atoms with Crippen molar-refractivity contribution in [3.63, 3.8) is 0 Å². The second kappa shape index (κ2) is 17.5. The van der Waals surface area contributed by atoms with E-state index in [9.17, 15) is 22.8 Å². The Morgan fingerprint density at radius 1 is 0.588 bits per heavy atom. The van der Waals surface area contributed by atoms with E-state index in [0.717, 1.165) is 5.56 Å². The van der Waals surface area contributed by atoms with Crippen LogP contribution in [0.5, 0.6) is 17.2 Å². The number of hydrogen-bond acceptors (Lipinski definition) is 11. The van der Waals surface area contributed by atoms with Gasteiger partial charge in [0.05, 0.1) is 26.2 Å². The average Bonchev–Trinajstić information content (AvgIpc) is 3.12. The molecule has 0 atom stereocenters. The van der Waals surface area contributed by atoms with Crippen LogP contribution in [0, 0.1) is 6.92 Å². The molecule has 0 radical (unpaired) electrons. The topological polar surface area (TPSA) is 153 Å². The molecule has 0 amide bonds. The van der Waals surface area contributed by atoms with E-state index >= 15 is 0 Å². The summed E-state index contributed by atoms with van der Waals surface area (Å²) >= 11 is 10.0. The molecule has 0 saturated carbocycles. The maximum absolute atomic E-state index is 14.1. The van der Waals surface area contributed by atoms with Gasteiger partial charge in [0.15, 0.2) is 0 Å². The van der Waals surface area contributed by atoms with Crippen LogP contribution in [0.15, 0.2) is 97.2 Å². The van der Waals surface area contributed by atoms with E-state index in [1.807, 2.05) is 6.92 Å². The molecule has 51 heavy (non-hydrogen) atoms. The first-order valence-corrected chi connectivity index (χ1v) is 18.7. The Balaban J connectivity index is 1.87. The minimum Gasteiger partial charge on any atom is -0.490 e. The summed E-state index contributed by atoms with van der Waals surface area (Å²) in [5.74, 6) is -1.95. The largest absolute Gasteiger partial charge is 0.490 e. The van der Waals surface area contributed by atoms with Crippen LogP contribution in [-0.4, -0.2) is 73.0 Å². The van der Waals surface area contributed by atoms with Crippen LogP contribution in [0.25, 0.3) is 0 Å². The van der Waals surface area contributed by atoms with Crippen molar-refractivity contribution < 1.29 is 51.2 Å². The number of ether oxygens (including phenoxy) is 6. The van der Waals surface area contributed by atoms with E-state index < -0.39 is 53.3 Å². The summed E-state index contributed by atoms with van der Waals surface area (Å²) < 4.78 is 65.9. The van der Waals surface area contributed by atoms with Gasteiger partial charge < -0.3 is 28.4 Å². The minimum atomic E-state index is -4.35. The van der Waals surface area contributed by atoms with Crippen LogP contribution >= 0.6 is 47.8 Å². The van der Waals surface area contributed by atoms with Gasteiger partial charge in [0.1, 0.15) is 59.3 Å². The molecule has 4 aromatic rings.